The summed E-state index contributed by atoms with van der Waals surface area (Å²) in [6.45, 7) is 0.140. The number of hydrogen-bond acceptors (Lipinski definition) is 7. The average Bonchev–Trinajstić information content (AvgIpc) is 3.27. The lowest BCUT2D eigenvalue weighted by molar-refractivity contribution is -0.130. The number of ether oxygens (including phenoxy) is 1. The van der Waals surface area contributed by atoms with Crippen molar-refractivity contribution >= 4 is 11.7 Å². The molecule has 1 aliphatic rings. The molecule has 3 rings (SSSR count). The van der Waals surface area contributed by atoms with E-state index in [2.05, 4.69) is 0 Å². The summed E-state index contributed by atoms with van der Waals surface area (Å²) >= 11 is 0. The van der Waals surface area contributed by atoms with Crippen LogP contribution in [-0.2, 0) is 9.53 Å². The van der Waals surface area contributed by atoms with E-state index in [4.69, 9.17) is 14.3 Å². The second-order valence-corrected chi connectivity index (χ2v) is 5.90. The first-order chi connectivity index (χ1) is 13.0. The molecule has 8 nitrogen and oxygen atoms in total. The van der Waals surface area contributed by atoms with Gasteiger partial charge in [-0.25, -0.2) is 0 Å². The zero-order valence-corrected chi connectivity index (χ0v) is 14.4. The van der Waals surface area contributed by atoms with Gasteiger partial charge in [-0.2, -0.15) is 0 Å². The van der Waals surface area contributed by atoms with Crippen molar-refractivity contribution in [3.63, 3.8) is 0 Å². The zero-order valence-electron chi connectivity index (χ0n) is 14.4. The lowest BCUT2D eigenvalue weighted by Crippen LogP contribution is -2.34. The number of carbonyl (C=O) groups is 2. The van der Waals surface area contributed by atoms with Crippen LogP contribution < -0.4 is 0 Å². The molecule has 1 amide bonds. The van der Waals surface area contributed by atoms with Gasteiger partial charge in [0, 0.05) is 6.54 Å². The standard InChI is InChI=1S/C19H19NO7/c21-7-10-26-9-6-20-16(12-3-1-4-13(22)11-12)15(18(24)19(20)25)17(23)14-5-2-8-27-14/h1-5,8,11,16,21-22,24H,6-7,9-10H2. The minimum atomic E-state index is -0.903. The van der Waals surface area contributed by atoms with E-state index in [0.717, 1.165) is 0 Å². The summed E-state index contributed by atoms with van der Waals surface area (Å²) in [5.41, 5.74) is 0.340. The number of carbonyl (C=O) groups excluding carboxylic acids is 2. The fourth-order valence-corrected chi connectivity index (χ4v) is 3.03. The Bertz CT molecular complexity index is 857. The van der Waals surface area contributed by atoms with Crippen LogP contribution in [0.3, 0.4) is 0 Å². The quantitative estimate of drug-likeness (QED) is 0.474. The van der Waals surface area contributed by atoms with Gasteiger partial charge < -0.3 is 29.4 Å². The summed E-state index contributed by atoms with van der Waals surface area (Å²) in [6.07, 6.45) is 1.32. The minimum Gasteiger partial charge on any atom is -0.508 e. The molecule has 0 spiro atoms. The van der Waals surface area contributed by atoms with E-state index in [0.29, 0.717) is 5.56 Å². The number of furan rings is 1. The zero-order chi connectivity index (χ0) is 19.4. The lowest BCUT2D eigenvalue weighted by Gasteiger charge is -2.26. The van der Waals surface area contributed by atoms with E-state index < -0.39 is 23.5 Å². The summed E-state index contributed by atoms with van der Waals surface area (Å²) in [7, 11) is 0. The summed E-state index contributed by atoms with van der Waals surface area (Å²) in [5, 5.41) is 29.0. The molecule has 0 saturated heterocycles. The van der Waals surface area contributed by atoms with Crippen molar-refractivity contribution in [1.82, 2.24) is 4.90 Å². The fourth-order valence-electron chi connectivity index (χ4n) is 3.03. The Balaban J connectivity index is 1.98. The number of aliphatic hydroxyl groups is 2. The van der Waals surface area contributed by atoms with E-state index in [-0.39, 0.29) is 43.4 Å². The summed E-state index contributed by atoms with van der Waals surface area (Å²) in [5.74, 6) is -2.03. The second kappa shape index (κ2) is 8.07. The Hall–Kier alpha value is -3.10. The molecule has 0 bridgehead atoms. The molecule has 142 valence electrons. The monoisotopic (exact) mass is 373 g/mol. The summed E-state index contributed by atoms with van der Waals surface area (Å²) < 4.78 is 10.3. The number of phenols is 1. The molecular formula is C19H19NO7. The predicted molar refractivity (Wildman–Crippen MR) is 93.2 cm³/mol. The number of aromatic hydroxyl groups is 1. The molecule has 27 heavy (non-hydrogen) atoms. The van der Waals surface area contributed by atoms with Crippen LogP contribution in [0, 0.1) is 0 Å². The number of benzene rings is 1. The highest BCUT2D eigenvalue weighted by atomic mass is 16.5. The molecule has 1 aliphatic heterocycles. The Kier molecular flexibility index (Phi) is 5.58. The van der Waals surface area contributed by atoms with Gasteiger partial charge in [-0.05, 0) is 29.8 Å². The third-order valence-electron chi connectivity index (χ3n) is 4.19. The van der Waals surface area contributed by atoms with Crippen molar-refractivity contribution in [2.45, 2.75) is 6.04 Å². The van der Waals surface area contributed by atoms with Crippen LogP contribution in [-0.4, -0.2) is 58.3 Å². The van der Waals surface area contributed by atoms with E-state index in [9.17, 15) is 19.8 Å². The van der Waals surface area contributed by atoms with Crippen LogP contribution in [0.15, 0.2) is 58.4 Å². The molecule has 8 heteroatoms. The van der Waals surface area contributed by atoms with Crippen LogP contribution in [0.25, 0.3) is 0 Å². The van der Waals surface area contributed by atoms with Crippen LogP contribution in [0.1, 0.15) is 22.2 Å². The number of nitrogens with zero attached hydrogens (tertiary/aromatic N) is 1. The van der Waals surface area contributed by atoms with E-state index in [1.165, 1.54) is 35.4 Å². The highest BCUT2D eigenvalue weighted by Crippen LogP contribution is 2.39. The van der Waals surface area contributed by atoms with E-state index in [1.807, 2.05) is 0 Å². The fraction of sp³-hybridized carbons (Fsp3) is 0.263. The van der Waals surface area contributed by atoms with Gasteiger partial charge in [0.2, 0.25) is 5.78 Å². The molecule has 2 heterocycles. The molecular weight excluding hydrogens is 354 g/mol. The summed E-state index contributed by atoms with van der Waals surface area (Å²) in [4.78, 5) is 26.7. The number of aliphatic hydroxyl groups excluding tert-OH is 2. The SMILES string of the molecule is O=C(C1=C(O)C(=O)N(CCOCCO)C1c1cccc(O)c1)c1ccco1. The van der Waals surface area contributed by atoms with Gasteiger partial charge in [-0.15, -0.1) is 0 Å². The largest absolute Gasteiger partial charge is 0.508 e. The maximum atomic E-state index is 12.8. The highest BCUT2D eigenvalue weighted by molar-refractivity contribution is 6.15. The number of amides is 1. The topological polar surface area (TPSA) is 120 Å². The third kappa shape index (κ3) is 3.71. The first-order valence-electron chi connectivity index (χ1n) is 8.34. The summed E-state index contributed by atoms with van der Waals surface area (Å²) in [6, 6.07) is 8.19. The van der Waals surface area contributed by atoms with Gasteiger partial charge in [-0.1, -0.05) is 12.1 Å². The van der Waals surface area contributed by atoms with Crippen molar-refractivity contribution in [1.29, 1.82) is 0 Å². The number of phenolic OH excluding ortho intramolecular Hbond substituents is 1. The molecule has 1 unspecified atom stereocenters. The molecule has 1 atom stereocenters. The van der Waals surface area contributed by atoms with Crippen LogP contribution >= 0.6 is 0 Å². The smallest absolute Gasteiger partial charge is 0.290 e. The Morgan fingerprint density at radius 3 is 2.67 bits per heavy atom. The van der Waals surface area contributed by atoms with Gasteiger partial charge >= 0.3 is 0 Å². The van der Waals surface area contributed by atoms with Crippen molar-refractivity contribution in [3.8, 4) is 5.75 Å². The molecule has 3 N–H and O–H groups in total. The lowest BCUT2D eigenvalue weighted by atomic mass is 9.95. The third-order valence-corrected chi connectivity index (χ3v) is 4.19. The van der Waals surface area contributed by atoms with Gasteiger partial charge in [0.05, 0.1) is 37.7 Å². The van der Waals surface area contributed by atoms with E-state index in [1.54, 1.807) is 12.1 Å². The van der Waals surface area contributed by atoms with Gasteiger partial charge in [0.1, 0.15) is 5.75 Å². The van der Waals surface area contributed by atoms with Gasteiger partial charge in [-0.3, -0.25) is 9.59 Å². The molecule has 0 aliphatic carbocycles. The number of hydrogen-bond donors (Lipinski definition) is 3. The number of Topliss-reactive ketones (excluding diaryl/α,β-unsaturated/α-hetero) is 1. The maximum Gasteiger partial charge on any atom is 0.290 e. The number of rotatable bonds is 8. The number of ketones is 1. The van der Waals surface area contributed by atoms with Crippen molar-refractivity contribution in [2.75, 3.05) is 26.4 Å². The minimum absolute atomic E-state index is 0.00659. The van der Waals surface area contributed by atoms with Crippen LogP contribution in [0.5, 0.6) is 5.75 Å². The molecule has 1 aromatic heterocycles. The highest BCUT2D eigenvalue weighted by Gasteiger charge is 2.44. The second-order valence-electron chi connectivity index (χ2n) is 5.90. The molecule has 1 aromatic carbocycles. The normalized spacial score (nSPS) is 17.0. The molecule has 0 saturated carbocycles. The average molecular weight is 373 g/mol. The van der Waals surface area contributed by atoms with E-state index >= 15 is 0 Å². The van der Waals surface area contributed by atoms with Crippen LogP contribution in [0.4, 0.5) is 0 Å². The first-order valence-corrected chi connectivity index (χ1v) is 8.34. The molecule has 2 aromatic rings. The molecule has 0 radical (unpaired) electrons. The van der Waals surface area contributed by atoms with Crippen LogP contribution in [0.2, 0.25) is 0 Å². The predicted octanol–water partition coefficient (Wildman–Crippen LogP) is 1.57. The maximum absolute atomic E-state index is 12.8. The Labute approximate surface area is 154 Å². The van der Waals surface area contributed by atoms with Crippen molar-refractivity contribution < 1.29 is 34.1 Å². The van der Waals surface area contributed by atoms with Crippen molar-refractivity contribution in [3.05, 3.63) is 65.3 Å². The Morgan fingerprint density at radius 2 is 2.00 bits per heavy atom. The Morgan fingerprint density at radius 1 is 1.19 bits per heavy atom. The molecule has 0 fully saturated rings. The first kappa shape index (κ1) is 18.7. The van der Waals surface area contributed by atoms with Gasteiger partial charge in [0.15, 0.2) is 11.5 Å². The van der Waals surface area contributed by atoms with Crippen molar-refractivity contribution in [2.24, 2.45) is 0 Å². The van der Waals surface area contributed by atoms with Gasteiger partial charge in [0.25, 0.3) is 5.91 Å².